The van der Waals surface area contributed by atoms with Crippen molar-refractivity contribution in [3.8, 4) is 0 Å². The first-order valence-corrected chi connectivity index (χ1v) is 12.8. The van der Waals surface area contributed by atoms with Crippen LogP contribution >= 0.6 is 22.9 Å². The maximum Gasteiger partial charge on any atom is 0.418 e. The molecule has 16 heteroatoms. The third-order valence-electron chi connectivity index (χ3n) is 5.83. The number of pyridine rings is 1. The van der Waals surface area contributed by atoms with Crippen LogP contribution in [0, 0.1) is 5.41 Å². The summed E-state index contributed by atoms with van der Waals surface area (Å²) in [6.07, 6.45) is -1.32. The summed E-state index contributed by atoms with van der Waals surface area (Å²) in [5, 5.41) is 12.7. The Labute approximate surface area is 230 Å². The lowest BCUT2D eigenvalue weighted by Gasteiger charge is -2.36. The van der Waals surface area contributed by atoms with Gasteiger partial charge in [-0.25, -0.2) is 19.9 Å². The Morgan fingerprint density at radius 3 is 2.46 bits per heavy atom. The topological polar surface area (TPSA) is 140 Å². The van der Waals surface area contributed by atoms with Crippen LogP contribution in [0.3, 0.4) is 0 Å². The first kappa shape index (κ1) is 28.2. The zero-order valence-electron chi connectivity index (χ0n) is 20.7. The van der Waals surface area contributed by atoms with E-state index in [2.05, 4.69) is 30.6 Å². The fourth-order valence-corrected chi connectivity index (χ4v) is 4.77. The summed E-state index contributed by atoms with van der Waals surface area (Å²) >= 11 is 6.54. The lowest BCUT2D eigenvalue weighted by atomic mass is 10.2. The Bertz CT molecular complexity index is 1390. The van der Waals surface area contributed by atoms with Crippen LogP contribution < -0.4 is 15.5 Å². The van der Waals surface area contributed by atoms with Gasteiger partial charge in [-0.3, -0.25) is 15.0 Å². The lowest BCUT2D eigenvalue weighted by Crippen LogP contribution is -2.48. The number of nitrogens with zero attached hydrogens (tertiary/aromatic N) is 6. The van der Waals surface area contributed by atoms with E-state index in [-0.39, 0.29) is 16.4 Å². The molecule has 1 atom stereocenters. The van der Waals surface area contributed by atoms with Gasteiger partial charge in [0.2, 0.25) is 0 Å². The number of thiazole rings is 1. The van der Waals surface area contributed by atoms with Crippen molar-refractivity contribution in [2.45, 2.75) is 26.1 Å². The normalized spacial score (nSPS) is 14.6. The Morgan fingerprint density at radius 1 is 1.08 bits per heavy atom. The van der Waals surface area contributed by atoms with Crippen LogP contribution in [0.5, 0.6) is 0 Å². The number of piperazine rings is 1. The van der Waals surface area contributed by atoms with E-state index in [0.29, 0.717) is 48.9 Å². The van der Waals surface area contributed by atoms with Gasteiger partial charge in [0.15, 0.2) is 0 Å². The summed E-state index contributed by atoms with van der Waals surface area (Å²) in [7, 11) is 0. The molecule has 3 aromatic rings. The summed E-state index contributed by atoms with van der Waals surface area (Å²) in [6, 6.07) is 1.65. The van der Waals surface area contributed by atoms with Gasteiger partial charge in [-0.05, 0) is 19.9 Å². The van der Waals surface area contributed by atoms with Crippen molar-refractivity contribution >= 4 is 52.2 Å². The quantitative estimate of drug-likeness (QED) is 0.294. The number of nitrogens with one attached hydrogen (secondary N) is 3. The second-order valence-corrected chi connectivity index (χ2v) is 10.0. The molecule has 3 aromatic heterocycles. The van der Waals surface area contributed by atoms with Crippen molar-refractivity contribution in [1.82, 2.24) is 30.2 Å². The number of amidine groups is 1. The summed E-state index contributed by atoms with van der Waals surface area (Å²) < 4.78 is 39.2. The van der Waals surface area contributed by atoms with E-state index in [1.807, 2.05) is 9.80 Å². The number of aromatic nitrogens is 4. The Kier molecular flexibility index (Phi) is 8.30. The molecule has 0 aliphatic carbocycles. The predicted molar refractivity (Wildman–Crippen MR) is 139 cm³/mol. The standard InChI is InChI=1S/C23H23ClF3N9O2S/c1-12(33-20(37)16-8-19(32-11-31-16)36-5-3-35(4-6-36)13(2)28)22-30-10-17(39-22)21(38)34-18-7-14(23(25,26)27)15(24)9-29-18/h7-12,28H,3-6H2,1-2H3,(H,33,37)(H,29,34,38). The second-order valence-electron chi connectivity index (χ2n) is 8.58. The van der Waals surface area contributed by atoms with Crippen LogP contribution in [0.25, 0.3) is 0 Å². The number of amides is 2. The van der Waals surface area contributed by atoms with E-state index < -0.39 is 34.6 Å². The fraction of sp³-hybridized carbons (Fsp3) is 0.348. The molecule has 39 heavy (non-hydrogen) atoms. The van der Waals surface area contributed by atoms with Crippen molar-refractivity contribution in [2.75, 3.05) is 36.4 Å². The van der Waals surface area contributed by atoms with Crippen molar-refractivity contribution < 1.29 is 22.8 Å². The van der Waals surface area contributed by atoms with Crippen LogP contribution in [0.2, 0.25) is 5.02 Å². The van der Waals surface area contributed by atoms with Gasteiger partial charge in [-0.15, -0.1) is 11.3 Å². The highest BCUT2D eigenvalue weighted by Crippen LogP contribution is 2.35. The molecule has 0 aromatic carbocycles. The predicted octanol–water partition coefficient (Wildman–Crippen LogP) is 3.86. The number of hydrogen-bond acceptors (Lipinski definition) is 9. The molecule has 2 amide bonds. The van der Waals surface area contributed by atoms with Crippen molar-refractivity contribution in [2.24, 2.45) is 0 Å². The van der Waals surface area contributed by atoms with Crippen molar-refractivity contribution in [3.05, 3.63) is 57.0 Å². The molecule has 0 spiro atoms. The highest BCUT2D eigenvalue weighted by Gasteiger charge is 2.34. The van der Waals surface area contributed by atoms with E-state index in [4.69, 9.17) is 17.0 Å². The second kappa shape index (κ2) is 11.5. The molecule has 3 N–H and O–H groups in total. The smallest absolute Gasteiger partial charge is 0.357 e. The largest absolute Gasteiger partial charge is 0.418 e. The third-order valence-corrected chi connectivity index (χ3v) is 7.31. The zero-order valence-corrected chi connectivity index (χ0v) is 22.3. The zero-order chi connectivity index (χ0) is 28.3. The van der Waals surface area contributed by atoms with Crippen molar-refractivity contribution in [1.29, 1.82) is 5.41 Å². The van der Waals surface area contributed by atoms with Gasteiger partial charge in [0.1, 0.15) is 33.5 Å². The Morgan fingerprint density at radius 2 is 1.79 bits per heavy atom. The first-order chi connectivity index (χ1) is 18.4. The van der Waals surface area contributed by atoms with Crippen LogP contribution in [0.1, 0.15) is 50.6 Å². The van der Waals surface area contributed by atoms with Crippen LogP contribution in [-0.4, -0.2) is 68.7 Å². The van der Waals surface area contributed by atoms with Gasteiger partial charge in [-0.2, -0.15) is 13.2 Å². The van der Waals surface area contributed by atoms with Gasteiger partial charge in [0.05, 0.1) is 28.7 Å². The van der Waals surface area contributed by atoms with Crippen LogP contribution in [0.4, 0.5) is 24.8 Å². The van der Waals surface area contributed by atoms with E-state index >= 15 is 0 Å². The Balaban J connectivity index is 1.38. The van der Waals surface area contributed by atoms with Crippen LogP contribution in [-0.2, 0) is 6.18 Å². The van der Waals surface area contributed by atoms with E-state index in [1.54, 1.807) is 19.9 Å². The number of rotatable bonds is 6. The van der Waals surface area contributed by atoms with E-state index in [1.165, 1.54) is 12.5 Å². The van der Waals surface area contributed by atoms with Gasteiger partial charge in [-0.1, -0.05) is 11.6 Å². The van der Waals surface area contributed by atoms with Crippen molar-refractivity contribution in [3.63, 3.8) is 0 Å². The molecule has 206 valence electrons. The minimum atomic E-state index is -4.70. The van der Waals surface area contributed by atoms with E-state index in [9.17, 15) is 22.8 Å². The summed E-state index contributed by atoms with van der Waals surface area (Å²) in [5.74, 6) is -0.387. The van der Waals surface area contributed by atoms with Gasteiger partial charge in [0.25, 0.3) is 11.8 Å². The molecule has 1 saturated heterocycles. The first-order valence-electron chi connectivity index (χ1n) is 11.6. The molecule has 1 aliphatic heterocycles. The maximum atomic E-state index is 13.1. The number of anilines is 2. The molecule has 0 radical (unpaired) electrons. The van der Waals surface area contributed by atoms with Gasteiger partial charge < -0.3 is 20.4 Å². The number of carbonyl (C=O) groups excluding carboxylic acids is 2. The maximum absolute atomic E-state index is 13.1. The minimum absolute atomic E-state index is 0.111. The number of alkyl halides is 3. The third kappa shape index (κ3) is 6.78. The summed E-state index contributed by atoms with van der Waals surface area (Å²) in [4.78, 5) is 45.7. The molecule has 4 heterocycles. The number of carbonyl (C=O) groups is 2. The summed E-state index contributed by atoms with van der Waals surface area (Å²) in [6.45, 7) is 6.07. The molecule has 4 rings (SSSR count). The molecule has 0 saturated carbocycles. The highest BCUT2D eigenvalue weighted by molar-refractivity contribution is 7.13. The summed E-state index contributed by atoms with van der Waals surface area (Å²) in [5.41, 5.74) is -0.964. The molecule has 11 nitrogen and oxygen atoms in total. The molecule has 1 unspecified atom stereocenters. The van der Waals surface area contributed by atoms with Crippen LogP contribution in [0.15, 0.2) is 30.9 Å². The van der Waals surface area contributed by atoms with Gasteiger partial charge >= 0.3 is 6.18 Å². The average molecular weight is 582 g/mol. The SMILES string of the molecule is CC(=N)N1CCN(c2cc(C(=O)NC(C)c3ncc(C(=O)Nc4cc(C(F)(F)F)c(Cl)cn4)s3)ncn2)CC1. The number of halogens is 4. The fourth-order valence-electron chi connectivity index (χ4n) is 3.74. The lowest BCUT2D eigenvalue weighted by molar-refractivity contribution is -0.137. The molecular weight excluding hydrogens is 559 g/mol. The molecule has 0 bridgehead atoms. The highest BCUT2D eigenvalue weighted by atomic mass is 35.5. The molecule has 1 aliphatic rings. The monoisotopic (exact) mass is 581 g/mol. The average Bonchev–Trinajstić information content (AvgIpc) is 3.40. The molecular formula is C23H23ClF3N9O2S. The molecule has 1 fully saturated rings. The Hall–Kier alpha value is -3.85. The minimum Gasteiger partial charge on any atom is -0.357 e. The van der Waals surface area contributed by atoms with E-state index in [0.717, 1.165) is 17.5 Å². The number of hydrogen-bond donors (Lipinski definition) is 3. The van der Waals surface area contributed by atoms with Gasteiger partial charge in [0, 0.05) is 38.4 Å².